The van der Waals surface area contributed by atoms with Gasteiger partial charge in [-0.25, -0.2) is 13.2 Å². The van der Waals surface area contributed by atoms with Gasteiger partial charge in [-0.2, -0.15) is 0 Å². The SMILES string of the molecule is CCCC1(NC(=O)Cc2ccc(F)c(F)c2F)CC1. The monoisotopic (exact) mass is 271 g/mol. The molecule has 1 amide bonds. The fourth-order valence-corrected chi connectivity index (χ4v) is 2.28. The molecule has 0 aromatic heterocycles. The molecule has 1 aliphatic carbocycles. The van der Waals surface area contributed by atoms with Crippen molar-refractivity contribution in [1.29, 1.82) is 0 Å². The maximum Gasteiger partial charge on any atom is 0.224 e. The minimum Gasteiger partial charge on any atom is -0.350 e. The lowest BCUT2D eigenvalue weighted by Gasteiger charge is -2.16. The minimum absolute atomic E-state index is 0.122. The van der Waals surface area contributed by atoms with E-state index < -0.39 is 17.5 Å². The Morgan fingerprint density at radius 1 is 1.26 bits per heavy atom. The molecule has 1 aliphatic rings. The summed E-state index contributed by atoms with van der Waals surface area (Å²) in [5.74, 6) is -4.40. The lowest BCUT2D eigenvalue weighted by molar-refractivity contribution is -0.121. The fraction of sp³-hybridized carbons (Fsp3) is 0.500. The van der Waals surface area contributed by atoms with E-state index in [9.17, 15) is 18.0 Å². The van der Waals surface area contributed by atoms with Crippen LogP contribution in [0.5, 0.6) is 0 Å². The molecule has 1 fully saturated rings. The standard InChI is InChI=1S/C14H16F3NO/c1-2-5-14(6-7-14)18-11(19)8-9-3-4-10(15)13(17)12(9)16/h3-4H,2,5-8H2,1H3,(H,18,19). The molecule has 0 heterocycles. The molecule has 5 heteroatoms. The Balaban J connectivity index is 2.02. The van der Waals surface area contributed by atoms with Crippen molar-refractivity contribution < 1.29 is 18.0 Å². The molecule has 0 bridgehead atoms. The number of halogens is 3. The van der Waals surface area contributed by atoms with Gasteiger partial charge in [0.15, 0.2) is 17.5 Å². The fourth-order valence-electron chi connectivity index (χ4n) is 2.28. The second-order valence-electron chi connectivity index (χ2n) is 5.09. The molecule has 1 aromatic rings. The number of carbonyl (C=O) groups is 1. The summed E-state index contributed by atoms with van der Waals surface area (Å²) in [5.41, 5.74) is -0.273. The molecule has 2 nitrogen and oxygen atoms in total. The van der Waals surface area contributed by atoms with Crippen molar-refractivity contribution in [2.24, 2.45) is 0 Å². The zero-order valence-corrected chi connectivity index (χ0v) is 10.7. The highest BCUT2D eigenvalue weighted by molar-refractivity contribution is 5.79. The second-order valence-corrected chi connectivity index (χ2v) is 5.09. The van der Waals surface area contributed by atoms with Crippen LogP contribution in [0, 0.1) is 17.5 Å². The number of carbonyl (C=O) groups excluding carboxylic acids is 1. The Morgan fingerprint density at radius 3 is 2.53 bits per heavy atom. The van der Waals surface area contributed by atoms with Crippen LogP contribution >= 0.6 is 0 Å². The van der Waals surface area contributed by atoms with E-state index in [4.69, 9.17) is 0 Å². The summed E-state index contributed by atoms with van der Waals surface area (Å²) in [6.07, 6.45) is 3.42. The van der Waals surface area contributed by atoms with Crippen LogP contribution in [-0.2, 0) is 11.2 Å². The van der Waals surface area contributed by atoms with E-state index in [1.165, 1.54) is 0 Å². The third-order valence-corrected chi connectivity index (χ3v) is 3.45. The van der Waals surface area contributed by atoms with Crippen LogP contribution in [0.4, 0.5) is 13.2 Å². The average molecular weight is 271 g/mol. The topological polar surface area (TPSA) is 29.1 Å². The summed E-state index contributed by atoms with van der Waals surface area (Å²) in [4.78, 5) is 11.8. The summed E-state index contributed by atoms with van der Waals surface area (Å²) in [6, 6.07) is 1.94. The highest BCUT2D eigenvalue weighted by Crippen LogP contribution is 2.39. The van der Waals surface area contributed by atoms with Crippen molar-refractivity contribution in [3.05, 3.63) is 35.1 Å². The molecule has 2 rings (SSSR count). The van der Waals surface area contributed by atoms with Crippen molar-refractivity contribution >= 4 is 5.91 Å². The average Bonchev–Trinajstić information content (AvgIpc) is 3.10. The maximum absolute atomic E-state index is 13.4. The van der Waals surface area contributed by atoms with E-state index in [0.29, 0.717) is 0 Å². The van der Waals surface area contributed by atoms with E-state index in [0.717, 1.165) is 37.8 Å². The first-order chi connectivity index (χ1) is 8.97. The van der Waals surface area contributed by atoms with Gasteiger partial charge in [0.2, 0.25) is 5.91 Å². The molecular formula is C14H16F3NO. The Labute approximate surface area is 110 Å². The van der Waals surface area contributed by atoms with Crippen molar-refractivity contribution in [2.75, 3.05) is 0 Å². The lowest BCUT2D eigenvalue weighted by atomic mass is 10.1. The summed E-state index contributed by atoms with van der Waals surface area (Å²) in [5, 5.41) is 2.86. The summed E-state index contributed by atoms with van der Waals surface area (Å²) < 4.78 is 39.2. The molecule has 104 valence electrons. The molecule has 1 N–H and O–H groups in total. The number of amides is 1. The Morgan fingerprint density at radius 2 is 1.95 bits per heavy atom. The number of nitrogens with one attached hydrogen (secondary N) is 1. The van der Waals surface area contributed by atoms with Gasteiger partial charge in [0.05, 0.1) is 6.42 Å². The van der Waals surface area contributed by atoms with Crippen LogP contribution in [0.2, 0.25) is 0 Å². The van der Waals surface area contributed by atoms with Crippen LogP contribution in [-0.4, -0.2) is 11.4 Å². The van der Waals surface area contributed by atoms with Crippen molar-refractivity contribution in [1.82, 2.24) is 5.32 Å². The molecule has 1 aromatic carbocycles. The first kappa shape index (κ1) is 13.9. The normalized spacial score (nSPS) is 16.2. The van der Waals surface area contributed by atoms with E-state index in [-0.39, 0.29) is 23.4 Å². The number of hydrogen-bond acceptors (Lipinski definition) is 1. The van der Waals surface area contributed by atoms with E-state index in [1.54, 1.807) is 0 Å². The highest BCUT2D eigenvalue weighted by atomic mass is 19.2. The summed E-state index contributed by atoms with van der Waals surface area (Å²) >= 11 is 0. The van der Waals surface area contributed by atoms with Gasteiger partial charge in [-0.15, -0.1) is 0 Å². The molecule has 0 atom stereocenters. The second kappa shape index (κ2) is 5.23. The zero-order valence-electron chi connectivity index (χ0n) is 10.7. The van der Waals surface area contributed by atoms with Crippen molar-refractivity contribution in [2.45, 2.75) is 44.6 Å². The summed E-state index contributed by atoms with van der Waals surface area (Å²) in [7, 11) is 0. The van der Waals surface area contributed by atoms with Crippen LogP contribution in [0.25, 0.3) is 0 Å². The largest absolute Gasteiger partial charge is 0.350 e. The smallest absolute Gasteiger partial charge is 0.224 e. The predicted molar refractivity (Wildman–Crippen MR) is 65.0 cm³/mol. The Kier molecular flexibility index (Phi) is 3.83. The van der Waals surface area contributed by atoms with E-state index in [2.05, 4.69) is 5.32 Å². The van der Waals surface area contributed by atoms with Gasteiger partial charge in [0, 0.05) is 11.1 Å². The summed E-state index contributed by atoms with van der Waals surface area (Å²) in [6.45, 7) is 2.03. The first-order valence-electron chi connectivity index (χ1n) is 6.41. The molecule has 1 saturated carbocycles. The van der Waals surface area contributed by atoms with Crippen LogP contribution < -0.4 is 5.32 Å². The zero-order chi connectivity index (χ0) is 14.0. The quantitative estimate of drug-likeness (QED) is 0.819. The minimum atomic E-state index is -1.53. The third-order valence-electron chi connectivity index (χ3n) is 3.45. The number of rotatable bonds is 5. The molecule has 0 unspecified atom stereocenters. The van der Waals surface area contributed by atoms with Crippen LogP contribution in [0.15, 0.2) is 12.1 Å². The van der Waals surface area contributed by atoms with Crippen LogP contribution in [0.3, 0.4) is 0 Å². The van der Waals surface area contributed by atoms with Gasteiger partial charge in [0.25, 0.3) is 0 Å². The van der Waals surface area contributed by atoms with Gasteiger partial charge in [-0.3, -0.25) is 4.79 Å². The molecular weight excluding hydrogens is 255 g/mol. The molecule has 0 aliphatic heterocycles. The maximum atomic E-state index is 13.4. The van der Waals surface area contributed by atoms with Gasteiger partial charge in [-0.1, -0.05) is 19.4 Å². The third kappa shape index (κ3) is 3.08. The van der Waals surface area contributed by atoms with Gasteiger partial charge < -0.3 is 5.32 Å². The Bertz CT molecular complexity index is 498. The van der Waals surface area contributed by atoms with Gasteiger partial charge in [0.1, 0.15) is 0 Å². The van der Waals surface area contributed by atoms with Gasteiger partial charge >= 0.3 is 0 Å². The molecule has 0 spiro atoms. The van der Waals surface area contributed by atoms with E-state index in [1.807, 2.05) is 6.92 Å². The van der Waals surface area contributed by atoms with Gasteiger partial charge in [-0.05, 0) is 25.3 Å². The number of benzene rings is 1. The van der Waals surface area contributed by atoms with E-state index >= 15 is 0 Å². The highest BCUT2D eigenvalue weighted by Gasteiger charge is 2.42. The van der Waals surface area contributed by atoms with Crippen molar-refractivity contribution in [3.63, 3.8) is 0 Å². The number of hydrogen-bond donors (Lipinski definition) is 1. The lowest BCUT2D eigenvalue weighted by Crippen LogP contribution is -2.37. The molecule has 0 radical (unpaired) electrons. The Hall–Kier alpha value is -1.52. The predicted octanol–water partition coefficient (Wildman–Crippen LogP) is 3.10. The molecule has 0 saturated heterocycles. The van der Waals surface area contributed by atoms with Crippen molar-refractivity contribution in [3.8, 4) is 0 Å². The molecule has 19 heavy (non-hydrogen) atoms. The first-order valence-corrected chi connectivity index (χ1v) is 6.41. The van der Waals surface area contributed by atoms with Crippen LogP contribution in [0.1, 0.15) is 38.2 Å².